The van der Waals surface area contributed by atoms with Crippen LogP contribution in [-0.4, -0.2) is 37.4 Å². The molecular weight excluding hydrogens is 358 g/mol. The number of benzene rings is 1. The Hall–Kier alpha value is -3.94. The minimum atomic E-state index is -0.413. The number of esters is 1. The summed E-state index contributed by atoms with van der Waals surface area (Å²) in [4.78, 5) is 32.6. The molecule has 4 rings (SSSR count). The van der Waals surface area contributed by atoms with E-state index in [1.54, 1.807) is 49.9 Å². The number of hydrogen-bond acceptors (Lipinski definition) is 5. The van der Waals surface area contributed by atoms with E-state index < -0.39 is 5.97 Å². The van der Waals surface area contributed by atoms with Crippen molar-refractivity contribution < 1.29 is 14.3 Å². The van der Waals surface area contributed by atoms with Gasteiger partial charge in [0.05, 0.1) is 30.4 Å². The number of ether oxygens (including phenoxy) is 1. The van der Waals surface area contributed by atoms with E-state index in [1.165, 1.54) is 0 Å². The maximum Gasteiger partial charge on any atom is 0.338 e. The van der Waals surface area contributed by atoms with Crippen LogP contribution in [-0.2, 0) is 4.74 Å². The second kappa shape index (κ2) is 7.36. The molecule has 8 heteroatoms. The van der Waals surface area contributed by atoms with E-state index in [-0.39, 0.29) is 5.91 Å². The summed E-state index contributed by atoms with van der Waals surface area (Å²) in [7, 11) is 0. The van der Waals surface area contributed by atoms with Gasteiger partial charge in [-0.1, -0.05) is 0 Å². The molecule has 1 aromatic carbocycles. The van der Waals surface area contributed by atoms with Crippen molar-refractivity contribution in [1.82, 2.24) is 18.9 Å². The molecule has 0 fully saturated rings. The molecule has 28 heavy (non-hydrogen) atoms. The van der Waals surface area contributed by atoms with Gasteiger partial charge in [-0.25, -0.2) is 14.8 Å². The van der Waals surface area contributed by atoms with Crippen molar-refractivity contribution >= 4 is 23.3 Å². The van der Waals surface area contributed by atoms with Crippen LogP contribution in [0.1, 0.15) is 27.6 Å². The van der Waals surface area contributed by atoms with Gasteiger partial charge >= 0.3 is 5.97 Å². The summed E-state index contributed by atoms with van der Waals surface area (Å²) in [5.74, 6) is -0.292. The van der Waals surface area contributed by atoms with Gasteiger partial charge in [0.1, 0.15) is 5.65 Å². The number of aromatic nitrogens is 4. The lowest BCUT2D eigenvalue weighted by Crippen LogP contribution is -2.12. The lowest BCUT2D eigenvalue weighted by Gasteiger charge is -2.04. The third-order valence-electron chi connectivity index (χ3n) is 4.14. The molecule has 0 aliphatic rings. The number of imidazole rings is 2. The number of nitrogens with one attached hydrogen (secondary N) is 1. The Bertz CT molecular complexity index is 1130. The van der Waals surface area contributed by atoms with Gasteiger partial charge in [-0.05, 0) is 43.3 Å². The van der Waals surface area contributed by atoms with Crippen molar-refractivity contribution in [2.24, 2.45) is 0 Å². The maximum atomic E-state index is 12.5. The molecule has 0 saturated carbocycles. The lowest BCUT2D eigenvalue weighted by atomic mass is 10.1. The van der Waals surface area contributed by atoms with Gasteiger partial charge in [0.25, 0.3) is 5.91 Å². The molecule has 0 saturated heterocycles. The van der Waals surface area contributed by atoms with E-state index in [2.05, 4.69) is 15.3 Å². The Kier molecular flexibility index (Phi) is 4.59. The Morgan fingerprint density at radius 1 is 1.07 bits per heavy atom. The topological polar surface area (TPSA) is 90.5 Å². The van der Waals surface area contributed by atoms with Crippen molar-refractivity contribution in [3.63, 3.8) is 0 Å². The van der Waals surface area contributed by atoms with E-state index in [1.807, 2.05) is 33.5 Å². The monoisotopic (exact) mass is 375 g/mol. The Balaban J connectivity index is 1.51. The first-order valence-corrected chi connectivity index (χ1v) is 8.69. The SMILES string of the molecule is CCOC(=O)c1ccc(C(=O)Nc2cn3cc(-n4ccnc4)ccc3n2)cc1. The van der Waals surface area contributed by atoms with Crippen LogP contribution in [0.25, 0.3) is 11.3 Å². The van der Waals surface area contributed by atoms with Crippen LogP contribution in [0.5, 0.6) is 0 Å². The fraction of sp³-hybridized carbons (Fsp3) is 0.100. The predicted molar refractivity (Wildman–Crippen MR) is 103 cm³/mol. The van der Waals surface area contributed by atoms with E-state index in [9.17, 15) is 9.59 Å². The smallest absolute Gasteiger partial charge is 0.338 e. The Morgan fingerprint density at radius 3 is 2.57 bits per heavy atom. The Morgan fingerprint density at radius 2 is 1.86 bits per heavy atom. The zero-order valence-electron chi connectivity index (χ0n) is 15.1. The molecule has 0 radical (unpaired) electrons. The number of carbonyl (C=O) groups excluding carboxylic acids is 2. The minimum absolute atomic E-state index is 0.303. The second-order valence-electron chi connectivity index (χ2n) is 6.00. The number of hydrogen-bond donors (Lipinski definition) is 1. The zero-order valence-corrected chi connectivity index (χ0v) is 15.1. The molecule has 3 heterocycles. The van der Waals surface area contributed by atoms with Crippen LogP contribution in [0.4, 0.5) is 5.82 Å². The van der Waals surface area contributed by atoms with E-state index in [4.69, 9.17) is 4.74 Å². The molecule has 3 aromatic heterocycles. The summed E-state index contributed by atoms with van der Waals surface area (Å²) >= 11 is 0. The number of anilines is 1. The first kappa shape index (κ1) is 17.5. The van der Waals surface area contributed by atoms with Gasteiger partial charge < -0.3 is 19.0 Å². The molecular formula is C20H17N5O3. The third-order valence-corrected chi connectivity index (χ3v) is 4.14. The highest BCUT2D eigenvalue weighted by molar-refractivity contribution is 6.04. The second-order valence-corrected chi connectivity index (χ2v) is 6.00. The highest BCUT2D eigenvalue weighted by atomic mass is 16.5. The van der Waals surface area contributed by atoms with Crippen LogP contribution in [0, 0.1) is 0 Å². The maximum absolute atomic E-state index is 12.5. The van der Waals surface area contributed by atoms with Crippen LogP contribution in [0.3, 0.4) is 0 Å². The fourth-order valence-electron chi connectivity index (χ4n) is 2.77. The number of fused-ring (bicyclic) bond motifs is 1. The lowest BCUT2D eigenvalue weighted by molar-refractivity contribution is 0.0526. The first-order valence-electron chi connectivity index (χ1n) is 8.69. The quantitative estimate of drug-likeness (QED) is 0.542. The van der Waals surface area contributed by atoms with Gasteiger partial charge in [0.2, 0.25) is 0 Å². The molecule has 0 unspecified atom stereocenters. The first-order chi connectivity index (χ1) is 13.6. The molecule has 0 aliphatic heterocycles. The number of rotatable bonds is 5. The van der Waals surface area contributed by atoms with Crippen molar-refractivity contribution in [2.45, 2.75) is 6.92 Å². The van der Waals surface area contributed by atoms with Crippen LogP contribution < -0.4 is 5.32 Å². The van der Waals surface area contributed by atoms with Gasteiger partial charge in [0, 0.05) is 24.2 Å². The largest absolute Gasteiger partial charge is 0.462 e. The summed E-state index contributed by atoms with van der Waals surface area (Å²) < 4.78 is 8.64. The molecule has 4 aromatic rings. The van der Waals surface area contributed by atoms with E-state index >= 15 is 0 Å². The van der Waals surface area contributed by atoms with Crippen molar-refractivity contribution in [3.8, 4) is 5.69 Å². The summed E-state index contributed by atoms with van der Waals surface area (Å²) in [6.07, 6.45) is 8.90. The number of amides is 1. The Labute approximate surface area is 160 Å². The van der Waals surface area contributed by atoms with Gasteiger partial charge in [0.15, 0.2) is 5.82 Å². The minimum Gasteiger partial charge on any atom is -0.462 e. The number of pyridine rings is 1. The normalized spacial score (nSPS) is 10.8. The van der Waals surface area contributed by atoms with Gasteiger partial charge in [-0.2, -0.15) is 0 Å². The standard InChI is InChI=1S/C20H17N5O3/c1-2-28-20(27)15-5-3-14(4-6-15)19(26)23-17-12-25-11-16(7-8-18(25)22-17)24-10-9-21-13-24/h3-13H,2H2,1H3,(H,23,26). The summed E-state index contributed by atoms with van der Waals surface area (Å²) in [5, 5.41) is 2.77. The van der Waals surface area contributed by atoms with E-state index in [0.29, 0.717) is 29.2 Å². The molecule has 140 valence electrons. The molecule has 8 nitrogen and oxygen atoms in total. The predicted octanol–water partition coefficient (Wildman–Crippen LogP) is 2.95. The summed E-state index contributed by atoms with van der Waals surface area (Å²) in [6.45, 7) is 2.05. The average molecular weight is 375 g/mol. The molecule has 0 bridgehead atoms. The third kappa shape index (κ3) is 3.48. The van der Waals surface area contributed by atoms with Crippen LogP contribution in [0.15, 0.2) is 67.5 Å². The molecule has 1 N–H and O–H groups in total. The summed E-state index contributed by atoms with van der Waals surface area (Å²) in [6, 6.07) is 10.1. The molecule has 1 amide bonds. The molecule has 0 aliphatic carbocycles. The highest BCUT2D eigenvalue weighted by Gasteiger charge is 2.11. The van der Waals surface area contributed by atoms with E-state index in [0.717, 1.165) is 5.69 Å². The average Bonchev–Trinajstić information content (AvgIpc) is 3.37. The fourth-order valence-corrected chi connectivity index (χ4v) is 2.77. The number of carbonyl (C=O) groups is 2. The zero-order chi connectivity index (χ0) is 19.5. The van der Waals surface area contributed by atoms with Crippen LogP contribution in [0.2, 0.25) is 0 Å². The van der Waals surface area contributed by atoms with Crippen molar-refractivity contribution in [2.75, 3.05) is 11.9 Å². The van der Waals surface area contributed by atoms with Gasteiger partial charge in [-0.15, -0.1) is 0 Å². The van der Waals surface area contributed by atoms with Crippen LogP contribution >= 0.6 is 0 Å². The van der Waals surface area contributed by atoms with Crippen molar-refractivity contribution in [3.05, 3.63) is 78.6 Å². The van der Waals surface area contributed by atoms with Gasteiger partial charge in [-0.3, -0.25) is 4.79 Å². The molecule has 0 spiro atoms. The molecule has 0 atom stereocenters. The number of nitrogens with zero attached hydrogens (tertiary/aromatic N) is 4. The summed E-state index contributed by atoms with van der Waals surface area (Å²) in [5.41, 5.74) is 2.45. The highest BCUT2D eigenvalue weighted by Crippen LogP contribution is 2.15. The van der Waals surface area contributed by atoms with Crippen molar-refractivity contribution in [1.29, 1.82) is 0 Å².